The molecule has 1 aromatic carbocycles. The quantitative estimate of drug-likeness (QED) is 0.780. The zero-order chi connectivity index (χ0) is 19.3. The van der Waals surface area contributed by atoms with E-state index in [1.54, 1.807) is 24.3 Å². The lowest BCUT2D eigenvalue weighted by Crippen LogP contribution is -2.48. The van der Waals surface area contributed by atoms with E-state index < -0.39 is 10.0 Å². The number of likely N-dealkylation sites (N-methyl/N-ethyl adjacent to an activating group) is 1. The maximum atomic E-state index is 12.7. The number of carbonyl (C=O) groups excluding carboxylic acids is 1. The summed E-state index contributed by atoms with van der Waals surface area (Å²) in [7, 11) is -3.54. The molecule has 3 rings (SSSR count). The molecular weight excluding hydrogens is 362 g/mol. The van der Waals surface area contributed by atoms with Crippen LogP contribution >= 0.6 is 0 Å². The molecular formula is C20H31N3O3S. The number of piperazine rings is 1. The van der Waals surface area contributed by atoms with Crippen molar-refractivity contribution in [2.75, 3.05) is 32.7 Å². The monoisotopic (exact) mass is 393 g/mol. The van der Waals surface area contributed by atoms with E-state index in [0.717, 1.165) is 58.4 Å². The van der Waals surface area contributed by atoms with Crippen LogP contribution in [0.5, 0.6) is 0 Å². The minimum absolute atomic E-state index is 0.0218. The zero-order valence-electron chi connectivity index (χ0n) is 16.2. The summed E-state index contributed by atoms with van der Waals surface area (Å²) in [6.45, 7) is 6.34. The number of rotatable bonds is 5. The van der Waals surface area contributed by atoms with Crippen molar-refractivity contribution in [2.24, 2.45) is 0 Å². The van der Waals surface area contributed by atoms with Crippen LogP contribution in [0.4, 0.5) is 0 Å². The van der Waals surface area contributed by atoms with Gasteiger partial charge in [0.1, 0.15) is 0 Å². The van der Waals surface area contributed by atoms with Crippen molar-refractivity contribution in [1.29, 1.82) is 0 Å². The molecule has 7 heteroatoms. The molecule has 1 saturated heterocycles. The average Bonchev–Trinajstić information content (AvgIpc) is 2.96. The number of hydrogen-bond acceptors (Lipinski definition) is 4. The van der Waals surface area contributed by atoms with Gasteiger partial charge in [0.15, 0.2) is 0 Å². The predicted molar refractivity (Wildman–Crippen MR) is 106 cm³/mol. The Kier molecular flexibility index (Phi) is 6.89. The molecule has 0 unspecified atom stereocenters. The summed E-state index contributed by atoms with van der Waals surface area (Å²) in [5.74, 6) is -0.0218. The van der Waals surface area contributed by atoms with Gasteiger partial charge >= 0.3 is 0 Å². The summed E-state index contributed by atoms with van der Waals surface area (Å²) in [5.41, 5.74) is 0.549. The summed E-state index contributed by atoms with van der Waals surface area (Å²) in [6.07, 6.45) is 6.32. The van der Waals surface area contributed by atoms with E-state index in [1.807, 2.05) is 4.90 Å². The number of nitrogens with zero attached hydrogens (tertiary/aromatic N) is 2. The second-order valence-corrected chi connectivity index (χ2v) is 9.27. The Morgan fingerprint density at radius 1 is 1.00 bits per heavy atom. The largest absolute Gasteiger partial charge is 0.336 e. The molecule has 1 aliphatic carbocycles. The first-order valence-corrected chi connectivity index (χ1v) is 11.6. The van der Waals surface area contributed by atoms with Crippen LogP contribution in [0, 0.1) is 0 Å². The molecule has 1 heterocycles. The van der Waals surface area contributed by atoms with E-state index in [2.05, 4.69) is 16.5 Å². The van der Waals surface area contributed by atoms with Gasteiger partial charge in [-0.1, -0.05) is 32.6 Å². The molecule has 0 aromatic heterocycles. The summed E-state index contributed by atoms with van der Waals surface area (Å²) < 4.78 is 28.2. The van der Waals surface area contributed by atoms with E-state index in [-0.39, 0.29) is 16.8 Å². The predicted octanol–water partition coefficient (Wildman–Crippen LogP) is 2.47. The van der Waals surface area contributed by atoms with E-state index in [4.69, 9.17) is 0 Å². The second kappa shape index (κ2) is 9.17. The summed E-state index contributed by atoms with van der Waals surface area (Å²) >= 11 is 0. The number of carbonyl (C=O) groups is 1. The minimum atomic E-state index is -3.54. The van der Waals surface area contributed by atoms with E-state index in [0.29, 0.717) is 5.56 Å². The molecule has 1 aliphatic heterocycles. The highest BCUT2D eigenvalue weighted by Gasteiger charge is 2.24. The molecule has 0 bridgehead atoms. The average molecular weight is 394 g/mol. The van der Waals surface area contributed by atoms with Crippen molar-refractivity contribution in [2.45, 2.75) is 56.4 Å². The Labute approximate surface area is 163 Å². The van der Waals surface area contributed by atoms with Crippen LogP contribution in [0.25, 0.3) is 0 Å². The van der Waals surface area contributed by atoms with Gasteiger partial charge in [-0.3, -0.25) is 4.79 Å². The molecule has 2 fully saturated rings. The second-order valence-electron chi connectivity index (χ2n) is 7.56. The van der Waals surface area contributed by atoms with Gasteiger partial charge in [0, 0.05) is 37.8 Å². The Bertz CT molecular complexity index is 717. The molecule has 150 valence electrons. The standard InChI is InChI=1S/C20H31N3O3S/c1-2-22-13-15-23(16-14-22)20(24)17-9-11-19(12-10-17)27(25,26)21-18-7-5-3-4-6-8-18/h9-12,18,21H,2-8,13-16H2,1H3. The van der Waals surface area contributed by atoms with Gasteiger partial charge in [-0.15, -0.1) is 0 Å². The first-order chi connectivity index (χ1) is 13.0. The summed E-state index contributed by atoms with van der Waals surface area (Å²) in [5, 5.41) is 0. The Morgan fingerprint density at radius 3 is 2.15 bits per heavy atom. The topological polar surface area (TPSA) is 69.7 Å². The molecule has 1 amide bonds. The van der Waals surface area contributed by atoms with Crippen LogP contribution < -0.4 is 4.72 Å². The van der Waals surface area contributed by atoms with E-state index >= 15 is 0 Å². The third-order valence-electron chi connectivity index (χ3n) is 5.70. The fraction of sp³-hybridized carbons (Fsp3) is 0.650. The van der Waals surface area contributed by atoms with Crippen molar-refractivity contribution in [3.05, 3.63) is 29.8 Å². The van der Waals surface area contributed by atoms with Gasteiger partial charge in [-0.05, 0) is 43.7 Å². The Morgan fingerprint density at radius 2 is 1.59 bits per heavy atom. The number of sulfonamides is 1. The van der Waals surface area contributed by atoms with E-state index in [9.17, 15) is 13.2 Å². The number of nitrogens with one attached hydrogen (secondary N) is 1. The van der Waals surface area contributed by atoms with Crippen molar-refractivity contribution >= 4 is 15.9 Å². The summed E-state index contributed by atoms with van der Waals surface area (Å²) in [6, 6.07) is 6.39. The van der Waals surface area contributed by atoms with Crippen LogP contribution in [0.3, 0.4) is 0 Å². The first-order valence-electron chi connectivity index (χ1n) is 10.1. The highest BCUT2D eigenvalue weighted by Crippen LogP contribution is 2.20. The van der Waals surface area contributed by atoms with Crippen LogP contribution in [0.1, 0.15) is 55.8 Å². The Hall–Kier alpha value is -1.44. The van der Waals surface area contributed by atoms with Gasteiger partial charge in [0.25, 0.3) is 5.91 Å². The maximum Gasteiger partial charge on any atom is 0.253 e. The van der Waals surface area contributed by atoms with Crippen LogP contribution in [0.2, 0.25) is 0 Å². The van der Waals surface area contributed by atoms with Gasteiger partial charge in [0.05, 0.1) is 4.90 Å². The van der Waals surface area contributed by atoms with Crippen molar-refractivity contribution in [3.63, 3.8) is 0 Å². The first kappa shape index (κ1) is 20.3. The highest BCUT2D eigenvalue weighted by molar-refractivity contribution is 7.89. The molecule has 0 spiro atoms. The van der Waals surface area contributed by atoms with Crippen molar-refractivity contribution in [1.82, 2.24) is 14.5 Å². The van der Waals surface area contributed by atoms with Crippen LogP contribution in [0.15, 0.2) is 29.2 Å². The lowest BCUT2D eigenvalue weighted by molar-refractivity contribution is 0.0643. The summed E-state index contributed by atoms with van der Waals surface area (Å²) in [4.78, 5) is 17.1. The molecule has 1 aromatic rings. The smallest absolute Gasteiger partial charge is 0.253 e. The number of amides is 1. The lowest BCUT2D eigenvalue weighted by atomic mass is 10.1. The number of hydrogen-bond donors (Lipinski definition) is 1. The molecule has 1 saturated carbocycles. The molecule has 6 nitrogen and oxygen atoms in total. The molecule has 0 radical (unpaired) electrons. The number of benzene rings is 1. The molecule has 1 N–H and O–H groups in total. The van der Waals surface area contributed by atoms with Crippen LogP contribution in [-0.4, -0.2) is 62.9 Å². The fourth-order valence-electron chi connectivity index (χ4n) is 3.91. The molecule has 0 atom stereocenters. The SMILES string of the molecule is CCN1CCN(C(=O)c2ccc(S(=O)(=O)NC3CCCCCC3)cc2)CC1. The van der Waals surface area contributed by atoms with Gasteiger partial charge in [-0.25, -0.2) is 13.1 Å². The van der Waals surface area contributed by atoms with Gasteiger partial charge in [0.2, 0.25) is 10.0 Å². The van der Waals surface area contributed by atoms with E-state index in [1.165, 1.54) is 12.8 Å². The Balaban J connectivity index is 1.62. The molecule has 27 heavy (non-hydrogen) atoms. The molecule has 2 aliphatic rings. The lowest BCUT2D eigenvalue weighted by Gasteiger charge is -2.34. The third-order valence-corrected chi connectivity index (χ3v) is 7.23. The van der Waals surface area contributed by atoms with Crippen LogP contribution in [-0.2, 0) is 10.0 Å². The highest BCUT2D eigenvalue weighted by atomic mass is 32.2. The maximum absolute atomic E-state index is 12.7. The third kappa shape index (κ3) is 5.30. The van der Waals surface area contributed by atoms with Gasteiger partial charge in [-0.2, -0.15) is 0 Å². The minimum Gasteiger partial charge on any atom is -0.336 e. The normalized spacial score (nSPS) is 20.4. The van der Waals surface area contributed by atoms with Crippen molar-refractivity contribution < 1.29 is 13.2 Å². The van der Waals surface area contributed by atoms with Gasteiger partial charge < -0.3 is 9.80 Å². The zero-order valence-corrected chi connectivity index (χ0v) is 17.0. The fourth-order valence-corrected chi connectivity index (χ4v) is 5.22. The van der Waals surface area contributed by atoms with Crippen molar-refractivity contribution in [3.8, 4) is 0 Å².